The van der Waals surface area contributed by atoms with Crippen molar-refractivity contribution in [3.8, 4) is 0 Å². The van der Waals surface area contributed by atoms with Crippen molar-refractivity contribution in [3.05, 3.63) is 22.8 Å². The highest BCUT2D eigenvalue weighted by Crippen LogP contribution is 2.77. The molecule has 0 aromatic heterocycles. The van der Waals surface area contributed by atoms with Gasteiger partial charge < -0.3 is 4.74 Å². The lowest BCUT2D eigenvalue weighted by molar-refractivity contribution is -0.153. The Morgan fingerprint density at radius 2 is 1.76 bits per heavy atom. The van der Waals surface area contributed by atoms with Crippen LogP contribution in [0, 0.1) is 63.1 Å². The Labute approximate surface area is 226 Å². The van der Waals surface area contributed by atoms with E-state index in [2.05, 4.69) is 54.5 Å². The first-order valence-electron chi connectivity index (χ1n) is 16.0. The van der Waals surface area contributed by atoms with Gasteiger partial charge in [0.1, 0.15) is 6.10 Å². The number of esters is 1. The van der Waals surface area contributed by atoms with E-state index < -0.39 is 0 Å². The zero-order chi connectivity index (χ0) is 26.1. The number of rotatable bonds is 1. The third-order valence-electron chi connectivity index (χ3n) is 14.4. The van der Waals surface area contributed by atoms with Crippen molar-refractivity contribution in [3.63, 3.8) is 0 Å². The van der Waals surface area contributed by atoms with Gasteiger partial charge in [0.05, 0.1) is 5.41 Å². The van der Waals surface area contributed by atoms with Crippen LogP contribution in [-0.4, -0.2) is 12.1 Å². The molecule has 3 saturated carbocycles. The van der Waals surface area contributed by atoms with Crippen molar-refractivity contribution in [1.29, 1.82) is 0 Å². The fraction of sp³-hybridized carbons (Fsp3) is 0.857. The molecule has 7 aliphatic rings. The van der Waals surface area contributed by atoms with Crippen LogP contribution in [0.15, 0.2) is 22.8 Å². The Bertz CT molecular complexity index is 1080. The van der Waals surface area contributed by atoms with E-state index in [0.29, 0.717) is 34.5 Å². The summed E-state index contributed by atoms with van der Waals surface area (Å²) in [7, 11) is 0. The molecule has 4 fully saturated rings. The topological polar surface area (TPSA) is 26.3 Å². The van der Waals surface area contributed by atoms with Crippen molar-refractivity contribution in [1.82, 2.24) is 0 Å². The number of carbonyl (C=O) groups excluding carboxylic acids is 1. The minimum atomic E-state index is -0.277. The van der Waals surface area contributed by atoms with Gasteiger partial charge in [-0.25, -0.2) is 0 Å². The van der Waals surface area contributed by atoms with Gasteiger partial charge in [-0.3, -0.25) is 4.79 Å². The lowest BCUT2D eigenvalue weighted by Crippen LogP contribution is -2.52. The largest absolute Gasteiger partial charge is 0.462 e. The van der Waals surface area contributed by atoms with E-state index in [1.807, 2.05) is 5.57 Å². The summed E-state index contributed by atoms with van der Waals surface area (Å²) in [5.74, 6) is 5.03. The minimum Gasteiger partial charge on any atom is -0.462 e. The summed E-state index contributed by atoms with van der Waals surface area (Å²) >= 11 is 0. The van der Waals surface area contributed by atoms with Gasteiger partial charge in [0.25, 0.3) is 0 Å². The molecule has 37 heavy (non-hydrogen) atoms. The highest BCUT2D eigenvalue weighted by Gasteiger charge is 2.75. The summed E-state index contributed by atoms with van der Waals surface area (Å²) in [6.07, 6.45) is 16.4. The highest BCUT2D eigenvalue weighted by molar-refractivity contribution is 5.83. The fourth-order valence-electron chi connectivity index (χ4n) is 12.6. The van der Waals surface area contributed by atoms with E-state index in [9.17, 15) is 4.79 Å². The number of ether oxygens (including phenoxy) is 1. The molecule has 1 saturated heterocycles. The van der Waals surface area contributed by atoms with E-state index >= 15 is 0 Å². The first kappa shape index (κ1) is 25.0. The zero-order valence-electron chi connectivity index (χ0n) is 24.8. The molecule has 0 amide bonds. The van der Waals surface area contributed by atoms with Crippen LogP contribution in [0.5, 0.6) is 0 Å². The van der Waals surface area contributed by atoms with E-state index in [0.717, 1.165) is 30.6 Å². The molecule has 7 rings (SSSR count). The van der Waals surface area contributed by atoms with Crippen molar-refractivity contribution in [2.45, 2.75) is 125 Å². The van der Waals surface area contributed by atoms with Gasteiger partial charge in [0.15, 0.2) is 0 Å². The maximum Gasteiger partial charge on any atom is 0.313 e. The zero-order valence-corrected chi connectivity index (χ0v) is 24.8. The summed E-state index contributed by atoms with van der Waals surface area (Å²) in [6.45, 7) is 17.5. The van der Waals surface area contributed by atoms with Gasteiger partial charge in [0, 0.05) is 11.3 Å². The van der Waals surface area contributed by atoms with Crippen LogP contribution < -0.4 is 0 Å². The molecule has 204 valence electrons. The van der Waals surface area contributed by atoms with Crippen LogP contribution >= 0.6 is 0 Å². The molecule has 11 atom stereocenters. The normalized spacial score (nSPS) is 54.4. The number of fused-ring (bicyclic) bond motifs is 9. The van der Waals surface area contributed by atoms with E-state index in [-0.39, 0.29) is 22.9 Å². The Morgan fingerprint density at radius 3 is 2.51 bits per heavy atom. The molecule has 1 heterocycles. The van der Waals surface area contributed by atoms with Crippen molar-refractivity contribution >= 4 is 5.97 Å². The average Bonchev–Trinajstić information content (AvgIpc) is 3.47. The first-order valence-corrected chi connectivity index (χ1v) is 16.0. The van der Waals surface area contributed by atoms with Crippen LogP contribution in [0.1, 0.15) is 119 Å². The van der Waals surface area contributed by atoms with Gasteiger partial charge >= 0.3 is 5.97 Å². The summed E-state index contributed by atoms with van der Waals surface area (Å²) in [6, 6.07) is 0. The smallest absolute Gasteiger partial charge is 0.313 e. The molecule has 6 aliphatic carbocycles. The summed E-state index contributed by atoms with van der Waals surface area (Å²) in [5.41, 5.74) is 5.59. The molecule has 2 bridgehead atoms. The third kappa shape index (κ3) is 3.03. The summed E-state index contributed by atoms with van der Waals surface area (Å²) in [4.78, 5) is 14.3. The molecule has 1 aliphatic heterocycles. The number of allylic oxidation sites excluding steroid dienone is 4. The Morgan fingerprint density at radius 1 is 0.973 bits per heavy atom. The van der Waals surface area contributed by atoms with Crippen LogP contribution in [0.3, 0.4) is 0 Å². The molecule has 0 aromatic rings. The molecular formula is C35H52O2. The molecule has 2 heteroatoms. The Balaban J connectivity index is 1.30. The second-order valence-corrected chi connectivity index (χ2v) is 16.4. The molecule has 0 aromatic carbocycles. The first-order chi connectivity index (χ1) is 17.4. The number of carbonyl (C=O) groups is 1. The predicted molar refractivity (Wildman–Crippen MR) is 150 cm³/mol. The van der Waals surface area contributed by atoms with E-state index in [4.69, 9.17) is 4.74 Å². The standard InChI is InChI=1S/C35H52O2/c1-20(2)24-12-14-33(6)18-28-30(22(4)10-11-25(24)33)23-16-34(28,7)35(17-23)27-15-26-21(3)9-8-13-32(26,5)19-29(27)37-31(35)36/h9,20,22-27,29H,8,10-19H2,1-7H3. The van der Waals surface area contributed by atoms with Gasteiger partial charge in [0.2, 0.25) is 0 Å². The van der Waals surface area contributed by atoms with Crippen molar-refractivity contribution in [2.24, 2.45) is 63.1 Å². The van der Waals surface area contributed by atoms with Crippen LogP contribution in [-0.2, 0) is 9.53 Å². The van der Waals surface area contributed by atoms with E-state index in [1.54, 1.807) is 11.1 Å². The monoisotopic (exact) mass is 504 g/mol. The van der Waals surface area contributed by atoms with Gasteiger partial charge in [-0.1, -0.05) is 64.3 Å². The molecule has 11 unspecified atom stereocenters. The second-order valence-electron chi connectivity index (χ2n) is 16.4. The molecule has 2 nitrogen and oxygen atoms in total. The van der Waals surface area contributed by atoms with Crippen molar-refractivity contribution in [2.75, 3.05) is 0 Å². The average molecular weight is 505 g/mol. The summed E-state index contributed by atoms with van der Waals surface area (Å²) in [5, 5.41) is 0. The van der Waals surface area contributed by atoms with Crippen LogP contribution in [0.25, 0.3) is 0 Å². The maximum atomic E-state index is 14.3. The molecule has 0 radical (unpaired) electrons. The molecule has 1 spiro atoms. The Kier molecular flexibility index (Phi) is 5.25. The lowest BCUT2D eigenvalue weighted by Gasteiger charge is -2.54. The van der Waals surface area contributed by atoms with Gasteiger partial charge in [-0.05, 0) is 124 Å². The fourth-order valence-corrected chi connectivity index (χ4v) is 12.6. The molecular weight excluding hydrogens is 452 g/mol. The van der Waals surface area contributed by atoms with Crippen LogP contribution in [0.2, 0.25) is 0 Å². The second kappa shape index (κ2) is 7.78. The number of hydrogen-bond donors (Lipinski definition) is 0. The van der Waals surface area contributed by atoms with E-state index in [1.165, 1.54) is 57.8 Å². The van der Waals surface area contributed by atoms with Crippen LogP contribution in [0.4, 0.5) is 0 Å². The minimum absolute atomic E-state index is 0.00138. The van der Waals surface area contributed by atoms with Gasteiger partial charge in [-0.2, -0.15) is 0 Å². The summed E-state index contributed by atoms with van der Waals surface area (Å²) < 4.78 is 6.51. The number of hydrogen-bond acceptors (Lipinski definition) is 2. The third-order valence-corrected chi connectivity index (χ3v) is 14.4. The quantitative estimate of drug-likeness (QED) is 0.263. The highest BCUT2D eigenvalue weighted by atomic mass is 16.6. The molecule has 0 N–H and O–H groups in total. The van der Waals surface area contributed by atoms with Crippen molar-refractivity contribution < 1.29 is 9.53 Å². The maximum absolute atomic E-state index is 14.3. The lowest BCUT2D eigenvalue weighted by atomic mass is 9.47. The van der Waals surface area contributed by atoms with Gasteiger partial charge in [-0.15, -0.1) is 0 Å². The predicted octanol–water partition coefficient (Wildman–Crippen LogP) is 8.91. The Hall–Kier alpha value is -1.05. The SMILES string of the molecule is CC1=CCCC2(C)CC3OC(=O)C4(CC5CC4(C)C4=C5C(C)CCC5C(C(C)C)CCC5(C)C4)C3CC12.